The minimum Gasteiger partial charge on any atom is -0.324 e. The van der Waals surface area contributed by atoms with E-state index in [0.717, 1.165) is 10.7 Å². The second kappa shape index (κ2) is 8.44. The second-order valence-corrected chi connectivity index (χ2v) is 6.70. The number of pyridine rings is 1. The van der Waals surface area contributed by atoms with Gasteiger partial charge in [-0.2, -0.15) is 31.4 Å². The number of halogens is 6. The molecular formula is C20H14F6N4O2. The van der Waals surface area contributed by atoms with Crippen LogP contribution in [0.4, 0.5) is 32.0 Å². The fraction of sp³-hybridized carbons (Fsp3) is 0.200. The third-order valence-corrected chi connectivity index (χ3v) is 4.40. The van der Waals surface area contributed by atoms with Crippen molar-refractivity contribution in [3.05, 3.63) is 76.3 Å². The summed E-state index contributed by atoms with van der Waals surface area (Å²) >= 11 is 0. The summed E-state index contributed by atoms with van der Waals surface area (Å²) in [5.41, 5.74) is -3.68. The van der Waals surface area contributed by atoms with Gasteiger partial charge in [0.15, 0.2) is 0 Å². The molecule has 168 valence electrons. The van der Waals surface area contributed by atoms with Crippen molar-refractivity contribution in [1.29, 1.82) is 0 Å². The van der Waals surface area contributed by atoms with Gasteiger partial charge in [0.2, 0.25) is 5.91 Å². The fourth-order valence-corrected chi connectivity index (χ4v) is 2.76. The van der Waals surface area contributed by atoms with Gasteiger partial charge in [-0.25, -0.2) is 4.68 Å². The molecule has 0 aliphatic heterocycles. The van der Waals surface area contributed by atoms with Crippen molar-refractivity contribution in [2.45, 2.75) is 25.3 Å². The first-order valence-corrected chi connectivity index (χ1v) is 8.97. The molecule has 1 N–H and O–H groups in total. The molecule has 0 saturated carbocycles. The maximum absolute atomic E-state index is 13.0. The van der Waals surface area contributed by atoms with Crippen LogP contribution in [0.1, 0.15) is 24.1 Å². The zero-order valence-corrected chi connectivity index (χ0v) is 16.2. The highest BCUT2D eigenvalue weighted by Crippen LogP contribution is 2.37. The molecule has 0 radical (unpaired) electrons. The summed E-state index contributed by atoms with van der Waals surface area (Å²) in [5.74, 6) is -1.03. The Bertz CT molecular complexity index is 1160. The normalized spacial score (nSPS) is 13.0. The van der Waals surface area contributed by atoms with E-state index >= 15 is 0 Å². The van der Waals surface area contributed by atoms with Crippen molar-refractivity contribution in [3.63, 3.8) is 0 Å². The van der Waals surface area contributed by atoms with Crippen LogP contribution in [0.5, 0.6) is 0 Å². The van der Waals surface area contributed by atoms with Crippen molar-refractivity contribution >= 4 is 11.6 Å². The number of nitrogens with zero attached hydrogens (tertiary/aromatic N) is 3. The summed E-state index contributed by atoms with van der Waals surface area (Å²) < 4.78 is 78.9. The molecule has 32 heavy (non-hydrogen) atoms. The Morgan fingerprint density at radius 1 is 0.938 bits per heavy atom. The van der Waals surface area contributed by atoms with Crippen LogP contribution in [0, 0.1) is 0 Å². The Kier molecular flexibility index (Phi) is 6.06. The molecule has 0 spiro atoms. The number of anilines is 1. The van der Waals surface area contributed by atoms with E-state index in [1.165, 1.54) is 25.4 Å². The van der Waals surface area contributed by atoms with Gasteiger partial charge in [-0.15, -0.1) is 0 Å². The number of hydrogen-bond donors (Lipinski definition) is 1. The summed E-state index contributed by atoms with van der Waals surface area (Å²) in [6.07, 6.45) is -7.17. The van der Waals surface area contributed by atoms with Gasteiger partial charge in [0.05, 0.1) is 16.8 Å². The maximum atomic E-state index is 13.0. The Balaban J connectivity index is 1.93. The molecule has 0 fully saturated rings. The molecule has 3 rings (SSSR count). The summed E-state index contributed by atoms with van der Waals surface area (Å²) in [7, 11) is 0. The standard InChI is InChI=1S/C20H14F6N4O2/c1-11(30-17(31)3-2-16(29-30)12-4-6-27-7-5-12)18(32)28-15-9-13(19(21,22)23)8-14(10-15)20(24,25)26/h2-11H,1H3,(H,28,32). The molecule has 0 aliphatic carbocycles. The highest BCUT2D eigenvalue weighted by molar-refractivity contribution is 5.93. The van der Waals surface area contributed by atoms with Gasteiger partial charge < -0.3 is 5.32 Å². The first kappa shape index (κ1) is 23.0. The number of carbonyl (C=O) groups is 1. The van der Waals surface area contributed by atoms with Gasteiger partial charge >= 0.3 is 12.4 Å². The minimum absolute atomic E-state index is 0.0523. The van der Waals surface area contributed by atoms with Crippen LogP contribution < -0.4 is 10.9 Å². The number of benzene rings is 1. The number of aromatic nitrogens is 3. The smallest absolute Gasteiger partial charge is 0.324 e. The van der Waals surface area contributed by atoms with Crippen molar-refractivity contribution in [3.8, 4) is 11.3 Å². The highest BCUT2D eigenvalue weighted by Gasteiger charge is 2.37. The molecule has 1 aromatic carbocycles. The lowest BCUT2D eigenvalue weighted by Crippen LogP contribution is -2.33. The first-order valence-electron chi connectivity index (χ1n) is 8.97. The van der Waals surface area contributed by atoms with Crippen LogP contribution in [0.2, 0.25) is 0 Å². The number of alkyl halides is 6. The first-order chi connectivity index (χ1) is 14.9. The van der Waals surface area contributed by atoms with Gasteiger partial charge in [0.25, 0.3) is 5.56 Å². The molecule has 0 saturated heterocycles. The van der Waals surface area contributed by atoms with Crippen LogP contribution in [-0.4, -0.2) is 20.7 Å². The zero-order chi connectivity index (χ0) is 23.7. The van der Waals surface area contributed by atoms with Crippen molar-refractivity contribution < 1.29 is 31.1 Å². The van der Waals surface area contributed by atoms with E-state index < -0.39 is 46.7 Å². The lowest BCUT2D eigenvalue weighted by Gasteiger charge is -2.17. The van der Waals surface area contributed by atoms with E-state index in [1.807, 2.05) is 5.32 Å². The van der Waals surface area contributed by atoms with Crippen LogP contribution in [0.25, 0.3) is 11.3 Å². The van der Waals surface area contributed by atoms with Gasteiger partial charge in [0, 0.05) is 29.7 Å². The van der Waals surface area contributed by atoms with E-state index in [4.69, 9.17) is 0 Å². The lowest BCUT2D eigenvalue weighted by molar-refractivity contribution is -0.143. The monoisotopic (exact) mass is 456 g/mol. The average Bonchev–Trinajstić information content (AvgIpc) is 2.72. The Morgan fingerprint density at radius 3 is 2.03 bits per heavy atom. The highest BCUT2D eigenvalue weighted by atomic mass is 19.4. The Hall–Kier alpha value is -3.70. The third-order valence-electron chi connectivity index (χ3n) is 4.40. The molecule has 1 amide bonds. The molecule has 6 nitrogen and oxygen atoms in total. The summed E-state index contributed by atoms with van der Waals surface area (Å²) in [5, 5.41) is 6.08. The van der Waals surface area contributed by atoms with Gasteiger partial charge in [0.1, 0.15) is 6.04 Å². The van der Waals surface area contributed by atoms with E-state index in [2.05, 4.69) is 10.1 Å². The number of hydrogen-bond acceptors (Lipinski definition) is 4. The number of rotatable bonds is 4. The van der Waals surface area contributed by atoms with Crippen LogP contribution in [0.15, 0.2) is 59.7 Å². The van der Waals surface area contributed by atoms with Crippen LogP contribution >= 0.6 is 0 Å². The van der Waals surface area contributed by atoms with Gasteiger partial charge in [-0.1, -0.05) is 0 Å². The second-order valence-electron chi connectivity index (χ2n) is 6.70. The largest absolute Gasteiger partial charge is 0.416 e. The zero-order valence-electron chi connectivity index (χ0n) is 16.2. The third kappa shape index (κ3) is 5.13. The molecular weight excluding hydrogens is 442 g/mol. The molecule has 12 heteroatoms. The lowest BCUT2D eigenvalue weighted by atomic mass is 10.1. The number of amides is 1. The molecule has 2 heterocycles. The molecule has 0 aliphatic rings. The summed E-state index contributed by atoms with van der Waals surface area (Å²) in [4.78, 5) is 28.6. The van der Waals surface area contributed by atoms with Crippen LogP contribution in [-0.2, 0) is 17.1 Å². The quantitative estimate of drug-likeness (QED) is 0.585. The Labute approximate surface area is 176 Å². The summed E-state index contributed by atoms with van der Waals surface area (Å²) in [6.45, 7) is 1.23. The minimum atomic E-state index is -5.07. The predicted molar refractivity (Wildman–Crippen MR) is 102 cm³/mol. The summed E-state index contributed by atoms with van der Waals surface area (Å²) in [6, 6.07) is 5.11. The Morgan fingerprint density at radius 2 is 1.50 bits per heavy atom. The number of nitrogens with one attached hydrogen (secondary N) is 1. The van der Waals surface area contributed by atoms with E-state index in [9.17, 15) is 35.9 Å². The molecule has 2 aromatic heterocycles. The van der Waals surface area contributed by atoms with E-state index in [-0.39, 0.29) is 6.07 Å². The van der Waals surface area contributed by atoms with Gasteiger partial charge in [-0.3, -0.25) is 14.6 Å². The average molecular weight is 456 g/mol. The molecule has 3 aromatic rings. The number of carbonyl (C=O) groups excluding carboxylic acids is 1. The van der Waals surface area contributed by atoms with Gasteiger partial charge in [-0.05, 0) is 43.3 Å². The molecule has 1 atom stereocenters. The van der Waals surface area contributed by atoms with Crippen LogP contribution in [0.3, 0.4) is 0 Å². The fourth-order valence-electron chi connectivity index (χ4n) is 2.76. The topological polar surface area (TPSA) is 76.9 Å². The van der Waals surface area contributed by atoms with Crippen molar-refractivity contribution in [2.75, 3.05) is 5.32 Å². The van der Waals surface area contributed by atoms with Crippen molar-refractivity contribution in [2.24, 2.45) is 0 Å². The molecule has 0 bridgehead atoms. The predicted octanol–water partition coefficient (Wildman–Crippen LogP) is 4.54. The van der Waals surface area contributed by atoms with E-state index in [0.29, 0.717) is 23.4 Å². The van der Waals surface area contributed by atoms with E-state index in [1.54, 1.807) is 12.1 Å². The SMILES string of the molecule is CC(C(=O)Nc1cc(C(F)(F)F)cc(C(F)(F)F)c1)n1nc(-c2ccncc2)ccc1=O. The maximum Gasteiger partial charge on any atom is 0.416 e. The molecule has 1 unspecified atom stereocenters. The van der Waals surface area contributed by atoms with Crippen molar-refractivity contribution in [1.82, 2.24) is 14.8 Å².